The lowest BCUT2D eigenvalue weighted by atomic mass is 9.74. The van der Waals surface area contributed by atoms with Crippen LogP contribution in [-0.4, -0.2) is 11.1 Å². The zero-order valence-electron chi connectivity index (χ0n) is 10.3. The maximum Gasteiger partial charge on any atom is 0.303 e. The van der Waals surface area contributed by atoms with E-state index in [1.165, 1.54) is 19.3 Å². The third-order valence-corrected chi connectivity index (χ3v) is 3.33. The molecular weight excluding hydrogens is 188 g/mol. The van der Waals surface area contributed by atoms with Crippen LogP contribution in [0.3, 0.4) is 0 Å². The average molecular weight is 212 g/mol. The van der Waals surface area contributed by atoms with Crippen LogP contribution in [0.2, 0.25) is 0 Å². The molecule has 0 heterocycles. The monoisotopic (exact) mass is 212 g/mol. The Hall–Kier alpha value is -0.530. The predicted octanol–water partition coefficient (Wildman–Crippen LogP) is 3.70. The molecule has 1 rings (SSSR count). The van der Waals surface area contributed by atoms with E-state index in [4.69, 9.17) is 5.11 Å². The fourth-order valence-electron chi connectivity index (χ4n) is 2.75. The van der Waals surface area contributed by atoms with E-state index >= 15 is 0 Å². The summed E-state index contributed by atoms with van der Waals surface area (Å²) in [6.07, 6.45) is 6.36. The van der Waals surface area contributed by atoms with Gasteiger partial charge in [0.2, 0.25) is 0 Å². The molecule has 2 heteroatoms. The number of carboxylic acids is 1. The topological polar surface area (TPSA) is 37.3 Å². The zero-order valence-corrected chi connectivity index (χ0v) is 10.3. The van der Waals surface area contributed by atoms with Crippen LogP contribution in [0.15, 0.2) is 0 Å². The van der Waals surface area contributed by atoms with Crippen LogP contribution < -0.4 is 0 Å². The molecule has 0 aromatic rings. The second-order valence-corrected chi connectivity index (χ2v) is 6.25. The molecule has 0 aliphatic heterocycles. The fraction of sp³-hybridized carbons (Fsp3) is 0.923. The SMILES string of the molecule is CC(C)(C)CC1CCC(CC(=O)O)CC1. The molecule has 0 unspecified atom stereocenters. The Bertz CT molecular complexity index is 207. The van der Waals surface area contributed by atoms with E-state index in [2.05, 4.69) is 20.8 Å². The van der Waals surface area contributed by atoms with Crippen molar-refractivity contribution in [3.8, 4) is 0 Å². The average Bonchev–Trinajstić information content (AvgIpc) is 2.05. The van der Waals surface area contributed by atoms with Gasteiger partial charge in [-0.2, -0.15) is 0 Å². The number of carboxylic acid groups (broad SMARTS) is 1. The predicted molar refractivity (Wildman–Crippen MR) is 61.8 cm³/mol. The highest BCUT2D eigenvalue weighted by Crippen LogP contribution is 2.37. The smallest absolute Gasteiger partial charge is 0.303 e. The van der Waals surface area contributed by atoms with Crippen LogP contribution in [0.25, 0.3) is 0 Å². The Morgan fingerprint density at radius 2 is 1.60 bits per heavy atom. The van der Waals surface area contributed by atoms with Gasteiger partial charge in [-0.1, -0.05) is 33.6 Å². The maximum absolute atomic E-state index is 10.6. The van der Waals surface area contributed by atoms with Gasteiger partial charge in [-0.15, -0.1) is 0 Å². The number of hydrogen-bond acceptors (Lipinski definition) is 1. The van der Waals surface area contributed by atoms with Crippen LogP contribution in [0.4, 0.5) is 0 Å². The van der Waals surface area contributed by atoms with Crippen molar-refractivity contribution in [2.45, 2.75) is 59.3 Å². The standard InChI is InChI=1S/C13H24O2/c1-13(2,3)9-11-6-4-10(5-7-11)8-12(14)15/h10-11H,4-9H2,1-3H3,(H,14,15). The maximum atomic E-state index is 10.6. The van der Waals surface area contributed by atoms with Gasteiger partial charge in [0, 0.05) is 6.42 Å². The lowest BCUT2D eigenvalue weighted by Crippen LogP contribution is -2.21. The number of rotatable bonds is 3. The Balaban J connectivity index is 2.27. The van der Waals surface area contributed by atoms with E-state index in [-0.39, 0.29) is 0 Å². The van der Waals surface area contributed by atoms with Gasteiger partial charge in [0.25, 0.3) is 0 Å². The van der Waals surface area contributed by atoms with Crippen molar-refractivity contribution >= 4 is 5.97 Å². The summed E-state index contributed by atoms with van der Waals surface area (Å²) in [4.78, 5) is 10.6. The molecule has 0 atom stereocenters. The molecule has 88 valence electrons. The molecule has 0 bridgehead atoms. The Kier molecular flexibility index (Phi) is 4.18. The van der Waals surface area contributed by atoms with E-state index in [1.807, 2.05) is 0 Å². The molecule has 0 aromatic carbocycles. The lowest BCUT2D eigenvalue weighted by molar-refractivity contribution is -0.138. The minimum Gasteiger partial charge on any atom is -0.481 e. The normalized spacial score (nSPS) is 27.7. The summed E-state index contributed by atoms with van der Waals surface area (Å²) in [7, 11) is 0. The number of carbonyl (C=O) groups is 1. The molecule has 1 aliphatic carbocycles. The summed E-state index contributed by atoms with van der Waals surface area (Å²) in [5, 5.41) is 8.72. The first-order chi connectivity index (χ1) is 6.87. The minimum absolute atomic E-state index is 0.377. The van der Waals surface area contributed by atoms with Crippen LogP contribution >= 0.6 is 0 Å². The van der Waals surface area contributed by atoms with Crippen molar-refractivity contribution in [1.82, 2.24) is 0 Å². The molecule has 0 amide bonds. The Morgan fingerprint density at radius 3 is 2.00 bits per heavy atom. The van der Waals surface area contributed by atoms with Gasteiger partial charge in [-0.05, 0) is 36.5 Å². The lowest BCUT2D eigenvalue weighted by Gasteiger charge is -2.32. The van der Waals surface area contributed by atoms with Gasteiger partial charge >= 0.3 is 5.97 Å². The van der Waals surface area contributed by atoms with Crippen molar-refractivity contribution in [3.63, 3.8) is 0 Å². The van der Waals surface area contributed by atoms with Crippen molar-refractivity contribution in [1.29, 1.82) is 0 Å². The van der Waals surface area contributed by atoms with E-state index in [0.29, 0.717) is 17.8 Å². The first-order valence-electron chi connectivity index (χ1n) is 6.08. The van der Waals surface area contributed by atoms with Gasteiger partial charge in [-0.25, -0.2) is 0 Å². The molecule has 1 saturated carbocycles. The third-order valence-electron chi connectivity index (χ3n) is 3.33. The van der Waals surface area contributed by atoms with Crippen molar-refractivity contribution in [3.05, 3.63) is 0 Å². The summed E-state index contributed by atoms with van der Waals surface area (Å²) in [6.45, 7) is 6.86. The third kappa shape index (κ3) is 5.19. The van der Waals surface area contributed by atoms with E-state index in [0.717, 1.165) is 18.8 Å². The Morgan fingerprint density at radius 1 is 1.13 bits per heavy atom. The summed E-state index contributed by atoms with van der Waals surface area (Å²) >= 11 is 0. The molecule has 1 N–H and O–H groups in total. The summed E-state index contributed by atoms with van der Waals surface area (Å²) < 4.78 is 0. The molecule has 15 heavy (non-hydrogen) atoms. The van der Waals surface area contributed by atoms with Crippen molar-refractivity contribution in [2.24, 2.45) is 17.3 Å². The molecule has 0 aromatic heterocycles. The number of hydrogen-bond donors (Lipinski definition) is 1. The van der Waals surface area contributed by atoms with Gasteiger partial charge < -0.3 is 5.11 Å². The summed E-state index contributed by atoms with van der Waals surface area (Å²) in [6, 6.07) is 0. The summed E-state index contributed by atoms with van der Waals surface area (Å²) in [5.41, 5.74) is 0.421. The molecule has 1 fully saturated rings. The van der Waals surface area contributed by atoms with Gasteiger partial charge in [0.15, 0.2) is 0 Å². The molecule has 1 aliphatic rings. The molecular formula is C13H24O2. The summed E-state index contributed by atoms with van der Waals surface area (Å²) in [5.74, 6) is 0.642. The van der Waals surface area contributed by atoms with E-state index < -0.39 is 5.97 Å². The largest absolute Gasteiger partial charge is 0.481 e. The van der Waals surface area contributed by atoms with Crippen LogP contribution in [0.1, 0.15) is 59.3 Å². The number of aliphatic carboxylic acids is 1. The minimum atomic E-state index is -0.630. The van der Waals surface area contributed by atoms with Crippen LogP contribution in [0.5, 0.6) is 0 Å². The van der Waals surface area contributed by atoms with Gasteiger partial charge in [0.05, 0.1) is 0 Å². The van der Waals surface area contributed by atoms with Gasteiger partial charge in [0.1, 0.15) is 0 Å². The molecule has 0 spiro atoms. The van der Waals surface area contributed by atoms with Crippen molar-refractivity contribution < 1.29 is 9.90 Å². The second kappa shape index (κ2) is 5.00. The Labute approximate surface area is 93.1 Å². The van der Waals surface area contributed by atoms with Gasteiger partial charge in [-0.3, -0.25) is 4.79 Å². The highest BCUT2D eigenvalue weighted by molar-refractivity contribution is 5.67. The quantitative estimate of drug-likeness (QED) is 0.774. The fourth-order valence-corrected chi connectivity index (χ4v) is 2.75. The highest BCUT2D eigenvalue weighted by atomic mass is 16.4. The highest BCUT2D eigenvalue weighted by Gasteiger charge is 2.25. The van der Waals surface area contributed by atoms with E-state index in [1.54, 1.807) is 0 Å². The molecule has 0 radical (unpaired) electrons. The molecule has 0 saturated heterocycles. The van der Waals surface area contributed by atoms with E-state index in [9.17, 15) is 4.79 Å². The van der Waals surface area contributed by atoms with Crippen molar-refractivity contribution in [2.75, 3.05) is 0 Å². The molecule has 2 nitrogen and oxygen atoms in total. The van der Waals surface area contributed by atoms with Crippen LogP contribution in [0, 0.1) is 17.3 Å². The zero-order chi connectivity index (χ0) is 11.5. The first-order valence-corrected chi connectivity index (χ1v) is 6.08. The second-order valence-electron chi connectivity index (χ2n) is 6.25. The van der Waals surface area contributed by atoms with Crippen LogP contribution in [-0.2, 0) is 4.79 Å². The first kappa shape index (κ1) is 12.5.